The molecular formula is C14H23N3. The predicted molar refractivity (Wildman–Crippen MR) is 69.0 cm³/mol. The number of hydrogen-bond acceptors (Lipinski definition) is 2. The predicted octanol–water partition coefficient (Wildman–Crippen LogP) is 2.45. The molecule has 0 aliphatic heterocycles. The van der Waals surface area contributed by atoms with Crippen LogP contribution in [0.3, 0.4) is 0 Å². The molecule has 0 radical (unpaired) electrons. The van der Waals surface area contributed by atoms with Gasteiger partial charge in [0.2, 0.25) is 0 Å². The third-order valence-electron chi connectivity index (χ3n) is 4.82. The van der Waals surface area contributed by atoms with Crippen LogP contribution < -0.4 is 5.73 Å². The van der Waals surface area contributed by atoms with Gasteiger partial charge in [-0.1, -0.05) is 19.8 Å². The summed E-state index contributed by atoms with van der Waals surface area (Å²) in [6, 6.07) is 0.331. The number of rotatable bonds is 2. The number of nitrogens with zero attached hydrogens (tertiary/aromatic N) is 1. The SMILES string of the molecule is CCC1(c2nc3c([nH]2)CC(N)CC3)CCCC1. The number of aryl methyl sites for hydroxylation is 1. The third-order valence-corrected chi connectivity index (χ3v) is 4.82. The van der Waals surface area contributed by atoms with E-state index in [9.17, 15) is 0 Å². The summed E-state index contributed by atoms with van der Waals surface area (Å²) in [4.78, 5) is 8.51. The third kappa shape index (κ3) is 1.81. The first-order valence-electron chi connectivity index (χ1n) is 7.07. The minimum absolute atomic E-state index is 0.331. The van der Waals surface area contributed by atoms with Gasteiger partial charge in [-0.05, 0) is 32.1 Å². The van der Waals surface area contributed by atoms with E-state index in [2.05, 4.69) is 11.9 Å². The van der Waals surface area contributed by atoms with Crippen LogP contribution >= 0.6 is 0 Å². The monoisotopic (exact) mass is 233 g/mol. The molecule has 1 unspecified atom stereocenters. The largest absolute Gasteiger partial charge is 0.345 e. The van der Waals surface area contributed by atoms with Gasteiger partial charge in [0.1, 0.15) is 5.82 Å². The number of fused-ring (bicyclic) bond motifs is 1. The molecule has 0 saturated heterocycles. The minimum Gasteiger partial charge on any atom is -0.345 e. The average Bonchev–Trinajstić information content (AvgIpc) is 2.94. The van der Waals surface area contributed by atoms with E-state index in [0.29, 0.717) is 11.5 Å². The van der Waals surface area contributed by atoms with Crippen LogP contribution in [-0.4, -0.2) is 16.0 Å². The first-order chi connectivity index (χ1) is 8.23. The van der Waals surface area contributed by atoms with Crippen molar-refractivity contribution in [1.82, 2.24) is 9.97 Å². The Balaban J connectivity index is 1.93. The van der Waals surface area contributed by atoms with Gasteiger partial charge in [-0.25, -0.2) is 4.98 Å². The number of hydrogen-bond donors (Lipinski definition) is 2. The topological polar surface area (TPSA) is 54.7 Å². The molecule has 0 amide bonds. The maximum atomic E-state index is 6.03. The standard InChI is InChI=1S/C14H23N3/c1-2-14(7-3-4-8-14)13-16-11-6-5-10(15)9-12(11)17-13/h10H,2-9,15H2,1H3,(H,16,17). The highest BCUT2D eigenvalue weighted by Crippen LogP contribution is 2.42. The Morgan fingerprint density at radius 3 is 2.88 bits per heavy atom. The average molecular weight is 233 g/mol. The quantitative estimate of drug-likeness (QED) is 0.824. The van der Waals surface area contributed by atoms with Crippen molar-refractivity contribution in [2.24, 2.45) is 5.73 Å². The van der Waals surface area contributed by atoms with Crippen LogP contribution in [0.25, 0.3) is 0 Å². The molecule has 2 aliphatic rings. The van der Waals surface area contributed by atoms with Gasteiger partial charge >= 0.3 is 0 Å². The van der Waals surface area contributed by atoms with Crippen LogP contribution in [0.4, 0.5) is 0 Å². The Morgan fingerprint density at radius 1 is 1.41 bits per heavy atom. The summed E-state index contributed by atoms with van der Waals surface area (Å²) in [5, 5.41) is 0. The molecule has 1 saturated carbocycles. The summed E-state index contributed by atoms with van der Waals surface area (Å²) >= 11 is 0. The van der Waals surface area contributed by atoms with Crippen molar-refractivity contribution in [3.05, 3.63) is 17.2 Å². The van der Waals surface area contributed by atoms with Crippen LogP contribution in [0.1, 0.15) is 62.7 Å². The molecular weight excluding hydrogens is 210 g/mol. The van der Waals surface area contributed by atoms with Crippen LogP contribution in [0.5, 0.6) is 0 Å². The second kappa shape index (κ2) is 4.13. The van der Waals surface area contributed by atoms with Crippen molar-refractivity contribution in [3.8, 4) is 0 Å². The van der Waals surface area contributed by atoms with Gasteiger partial charge in [-0.3, -0.25) is 0 Å². The summed E-state index contributed by atoms with van der Waals surface area (Å²) < 4.78 is 0. The van der Waals surface area contributed by atoms with Crippen LogP contribution in [0, 0.1) is 0 Å². The van der Waals surface area contributed by atoms with Gasteiger partial charge in [0.15, 0.2) is 0 Å². The van der Waals surface area contributed by atoms with E-state index in [1.54, 1.807) is 0 Å². The number of aromatic nitrogens is 2. The van der Waals surface area contributed by atoms with Crippen molar-refractivity contribution < 1.29 is 0 Å². The molecule has 0 aromatic carbocycles. The molecule has 0 spiro atoms. The molecule has 3 N–H and O–H groups in total. The fourth-order valence-electron chi connectivity index (χ4n) is 3.57. The molecule has 1 aromatic rings. The molecule has 1 atom stereocenters. The zero-order valence-electron chi connectivity index (χ0n) is 10.8. The molecule has 0 bridgehead atoms. The first-order valence-corrected chi connectivity index (χ1v) is 7.07. The molecule has 94 valence electrons. The molecule has 17 heavy (non-hydrogen) atoms. The van der Waals surface area contributed by atoms with Gasteiger partial charge in [-0.2, -0.15) is 0 Å². The van der Waals surface area contributed by atoms with E-state index in [1.807, 2.05) is 0 Å². The highest BCUT2D eigenvalue weighted by Gasteiger charge is 2.37. The second-order valence-electron chi connectivity index (χ2n) is 5.85. The lowest BCUT2D eigenvalue weighted by Crippen LogP contribution is -2.27. The summed E-state index contributed by atoms with van der Waals surface area (Å²) in [7, 11) is 0. The highest BCUT2D eigenvalue weighted by atomic mass is 15.0. The zero-order valence-corrected chi connectivity index (χ0v) is 10.8. The lowest BCUT2D eigenvalue weighted by atomic mass is 9.83. The van der Waals surface area contributed by atoms with E-state index >= 15 is 0 Å². The Kier molecular flexibility index (Phi) is 2.74. The normalized spacial score (nSPS) is 27.1. The van der Waals surface area contributed by atoms with E-state index in [4.69, 9.17) is 10.7 Å². The van der Waals surface area contributed by atoms with Gasteiger partial charge in [0.25, 0.3) is 0 Å². The maximum Gasteiger partial charge on any atom is 0.112 e. The molecule has 1 aromatic heterocycles. The molecule has 3 heteroatoms. The summed E-state index contributed by atoms with van der Waals surface area (Å²) in [6.07, 6.45) is 9.69. The summed E-state index contributed by atoms with van der Waals surface area (Å²) in [5.41, 5.74) is 8.99. The van der Waals surface area contributed by atoms with E-state index in [-0.39, 0.29) is 0 Å². The molecule has 1 heterocycles. The number of H-pyrrole nitrogens is 1. The molecule has 2 aliphatic carbocycles. The van der Waals surface area contributed by atoms with Crippen molar-refractivity contribution in [1.29, 1.82) is 0 Å². The lowest BCUT2D eigenvalue weighted by Gasteiger charge is -2.24. The van der Waals surface area contributed by atoms with Crippen molar-refractivity contribution in [3.63, 3.8) is 0 Å². The van der Waals surface area contributed by atoms with Crippen molar-refractivity contribution in [2.75, 3.05) is 0 Å². The van der Waals surface area contributed by atoms with Gasteiger partial charge in [0.05, 0.1) is 5.69 Å². The van der Waals surface area contributed by atoms with E-state index in [0.717, 1.165) is 19.3 Å². The molecule has 1 fully saturated rings. The Hall–Kier alpha value is -0.830. The Labute approximate surface area is 103 Å². The fraction of sp³-hybridized carbons (Fsp3) is 0.786. The maximum absolute atomic E-state index is 6.03. The smallest absolute Gasteiger partial charge is 0.112 e. The van der Waals surface area contributed by atoms with Gasteiger partial charge in [0, 0.05) is 23.6 Å². The molecule has 3 rings (SSSR count). The Bertz CT molecular complexity index is 402. The second-order valence-corrected chi connectivity index (χ2v) is 5.85. The summed E-state index contributed by atoms with van der Waals surface area (Å²) in [6.45, 7) is 2.30. The number of imidazole rings is 1. The number of nitrogens with one attached hydrogen (secondary N) is 1. The fourth-order valence-corrected chi connectivity index (χ4v) is 3.57. The minimum atomic E-state index is 0.331. The van der Waals surface area contributed by atoms with E-state index < -0.39 is 0 Å². The van der Waals surface area contributed by atoms with Crippen LogP contribution in [0.2, 0.25) is 0 Å². The first kappa shape index (κ1) is 11.3. The van der Waals surface area contributed by atoms with Crippen LogP contribution in [-0.2, 0) is 18.3 Å². The van der Waals surface area contributed by atoms with Crippen molar-refractivity contribution in [2.45, 2.75) is 69.7 Å². The Morgan fingerprint density at radius 2 is 2.18 bits per heavy atom. The van der Waals surface area contributed by atoms with Crippen LogP contribution in [0.15, 0.2) is 0 Å². The number of nitrogens with two attached hydrogens (primary N) is 1. The highest BCUT2D eigenvalue weighted by molar-refractivity contribution is 5.24. The number of aromatic amines is 1. The van der Waals surface area contributed by atoms with Gasteiger partial charge < -0.3 is 10.7 Å². The zero-order chi connectivity index (χ0) is 11.9. The molecule has 3 nitrogen and oxygen atoms in total. The van der Waals surface area contributed by atoms with E-state index in [1.165, 1.54) is 49.3 Å². The van der Waals surface area contributed by atoms with Crippen molar-refractivity contribution >= 4 is 0 Å². The lowest BCUT2D eigenvalue weighted by molar-refractivity contribution is 0.401. The van der Waals surface area contributed by atoms with Gasteiger partial charge in [-0.15, -0.1) is 0 Å². The summed E-state index contributed by atoms with van der Waals surface area (Å²) in [5.74, 6) is 1.26.